The Balaban J connectivity index is 2.21. The highest BCUT2D eigenvalue weighted by atomic mass is 35.5. The Bertz CT molecular complexity index is 628. The first-order chi connectivity index (χ1) is 8.99. The highest BCUT2D eigenvalue weighted by Gasteiger charge is 2.15. The maximum Gasteiger partial charge on any atom is 0.339 e. The Hall–Kier alpha value is -1.17. The Kier molecular flexibility index (Phi) is 4.39. The molecule has 0 fully saturated rings. The average molecular weight is 317 g/mol. The van der Waals surface area contributed by atoms with Crippen LogP contribution in [0.4, 0.5) is 0 Å². The molecular weight excluding hydrogens is 307 g/mol. The van der Waals surface area contributed by atoms with Crippen molar-refractivity contribution in [3.8, 4) is 0 Å². The quantitative estimate of drug-likeness (QED) is 0.873. The van der Waals surface area contributed by atoms with E-state index in [4.69, 9.17) is 28.3 Å². The van der Waals surface area contributed by atoms with Gasteiger partial charge in [0.2, 0.25) is 0 Å². The van der Waals surface area contributed by atoms with E-state index in [2.05, 4.69) is 5.10 Å². The topological polar surface area (TPSA) is 55.1 Å². The van der Waals surface area contributed by atoms with Gasteiger partial charge in [-0.25, -0.2) is 4.79 Å². The molecule has 0 bridgehead atoms. The predicted octanol–water partition coefficient (Wildman–Crippen LogP) is 3.72. The highest BCUT2D eigenvalue weighted by Crippen LogP contribution is 2.32. The van der Waals surface area contributed by atoms with Crippen LogP contribution in [0.3, 0.4) is 0 Å². The van der Waals surface area contributed by atoms with Crippen molar-refractivity contribution in [2.75, 3.05) is 0 Å². The molecule has 0 saturated heterocycles. The molecule has 1 aromatic heterocycles. The molecular formula is C12H10Cl2N2O2S. The predicted molar refractivity (Wildman–Crippen MR) is 76.2 cm³/mol. The second-order valence-electron chi connectivity index (χ2n) is 3.80. The minimum atomic E-state index is -0.985. The summed E-state index contributed by atoms with van der Waals surface area (Å²) in [5.74, 6) is -0.529. The third-order valence-electron chi connectivity index (χ3n) is 2.55. The first-order valence-corrected chi connectivity index (χ1v) is 7.05. The van der Waals surface area contributed by atoms with Crippen LogP contribution in [0.5, 0.6) is 0 Å². The lowest BCUT2D eigenvalue weighted by Gasteiger charge is -2.06. The summed E-state index contributed by atoms with van der Waals surface area (Å²) >= 11 is 13.4. The van der Waals surface area contributed by atoms with Gasteiger partial charge in [-0.05, 0) is 18.2 Å². The zero-order valence-electron chi connectivity index (χ0n) is 9.93. The molecule has 19 heavy (non-hydrogen) atoms. The zero-order valence-corrected chi connectivity index (χ0v) is 12.3. The molecule has 4 nitrogen and oxygen atoms in total. The Morgan fingerprint density at radius 1 is 1.47 bits per heavy atom. The van der Waals surface area contributed by atoms with Crippen LogP contribution >= 0.6 is 35.0 Å². The Morgan fingerprint density at radius 2 is 2.21 bits per heavy atom. The molecule has 0 aliphatic heterocycles. The maximum atomic E-state index is 11.1. The number of benzene rings is 1. The van der Waals surface area contributed by atoms with E-state index >= 15 is 0 Å². The van der Waals surface area contributed by atoms with Gasteiger partial charge >= 0.3 is 5.97 Å². The van der Waals surface area contributed by atoms with E-state index < -0.39 is 5.97 Å². The molecule has 0 aliphatic carbocycles. The van der Waals surface area contributed by atoms with Crippen LogP contribution in [0.1, 0.15) is 16.1 Å². The van der Waals surface area contributed by atoms with Crippen molar-refractivity contribution in [1.29, 1.82) is 0 Å². The van der Waals surface area contributed by atoms with Crippen molar-refractivity contribution in [2.45, 2.75) is 10.6 Å². The maximum absolute atomic E-state index is 11.1. The number of carboxylic acids is 1. The van der Waals surface area contributed by atoms with Crippen molar-refractivity contribution in [3.63, 3.8) is 0 Å². The number of halogens is 2. The van der Waals surface area contributed by atoms with Crippen molar-refractivity contribution in [2.24, 2.45) is 7.05 Å². The van der Waals surface area contributed by atoms with Crippen LogP contribution in [0.2, 0.25) is 10.0 Å². The molecule has 0 unspecified atom stereocenters. The van der Waals surface area contributed by atoms with Gasteiger partial charge in [0.15, 0.2) is 0 Å². The SMILES string of the molecule is Cn1ncc(C(=O)O)c1CSc1cc(Cl)ccc1Cl. The van der Waals surface area contributed by atoms with Crippen LogP contribution in [-0.2, 0) is 12.8 Å². The number of thioether (sulfide) groups is 1. The summed E-state index contributed by atoms with van der Waals surface area (Å²) < 4.78 is 1.55. The number of carboxylic acid groups (broad SMARTS) is 1. The molecule has 0 amide bonds. The van der Waals surface area contributed by atoms with Gasteiger partial charge in [-0.3, -0.25) is 4.68 Å². The second-order valence-corrected chi connectivity index (χ2v) is 5.66. The van der Waals surface area contributed by atoms with Gasteiger partial charge in [0.25, 0.3) is 0 Å². The summed E-state index contributed by atoms with van der Waals surface area (Å²) in [7, 11) is 1.71. The van der Waals surface area contributed by atoms with Crippen molar-refractivity contribution in [1.82, 2.24) is 9.78 Å². The fraction of sp³-hybridized carbons (Fsp3) is 0.167. The molecule has 2 aromatic rings. The summed E-state index contributed by atoms with van der Waals surface area (Å²) in [5.41, 5.74) is 0.835. The highest BCUT2D eigenvalue weighted by molar-refractivity contribution is 7.98. The molecule has 0 aliphatic rings. The van der Waals surface area contributed by atoms with Crippen molar-refractivity contribution >= 4 is 40.9 Å². The van der Waals surface area contributed by atoms with Crippen LogP contribution in [0.25, 0.3) is 0 Å². The Labute approximate surface area is 124 Å². The average Bonchev–Trinajstić information content (AvgIpc) is 2.72. The number of carbonyl (C=O) groups is 1. The minimum absolute atomic E-state index is 0.202. The zero-order chi connectivity index (χ0) is 14.0. The van der Waals surface area contributed by atoms with E-state index in [-0.39, 0.29) is 5.56 Å². The second kappa shape index (κ2) is 5.86. The number of aryl methyl sites for hydroxylation is 1. The lowest BCUT2D eigenvalue weighted by molar-refractivity contribution is 0.0696. The molecule has 7 heteroatoms. The van der Waals surface area contributed by atoms with Gasteiger partial charge in [-0.15, -0.1) is 11.8 Å². The number of aromatic nitrogens is 2. The van der Waals surface area contributed by atoms with Gasteiger partial charge in [0.05, 0.1) is 16.9 Å². The van der Waals surface area contributed by atoms with Gasteiger partial charge in [-0.2, -0.15) is 5.10 Å². The molecule has 1 heterocycles. The fourth-order valence-corrected chi connectivity index (χ4v) is 3.12. The van der Waals surface area contributed by atoms with E-state index in [1.807, 2.05) is 0 Å². The largest absolute Gasteiger partial charge is 0.478 e. The summed E-state index contributed by atoms with van der Waals surface area (Å²) in [4.78, 5) is 11.9. The molecule has 0 spiro atoms. The Morgan fingerprint density at radius 3 is 2.89 bits per heavy atom. The molecule has 100 valence electrons. The van der Waals surface area contributed by atoms with Crippen LogP contribution in [-0.4, -0.2) is 20.9 Å². The van der Waals surface area contributed by atoms with Crippen molar-refractivity contribution in [3.05, 3.63) is 45.7 Å². The number of rotatable bonds is 4. The van der Waals surface area contributed by atoms with Gasteiger partial charge in [-0.1, -0.05) is 23.2 Å². The molecule has 0 radical (unpaired) electrons. The first kappa shape index (κ1) is 14.2. The van der Waals surface area contributed by atoms with Crippen LogP contribution in [0.15, 0.2) is 29.3 Å². The minimum Gasteiger partial charge on any atom is -0.478 e. The monoisotopic (exact) mass is 316 g/mol. The van der Waals surface area contributed by atoms with Crippen LogP contribution < -0.4 is 0 Å². The third-order valence-corrected chi connectivity index (χ3v) is 4.29. The van der Waals surface area contributed by atoms with E-state index in [0.717, 1.165) is 4.90 Å². The third kappa shape index (κ3) is 3.23. The van der Waals surface area contributed by atoms with Crippen molar-refractivity contribution < 1.29 is 9.90 Å². The lowest BCUT2D eigenvalue weighted by atomic mass is 10.3. The summed E-state index contributed by atoms with van der Waals surface area (Å²) in [6.45, 7) is 0. The normalized spacial score (nSPS) is 10.7. The molecule has 2 rings (SSSR count). The molecule has 0 saturated carbocycles. The first-order valence-electron chi connectivity index (χ1n) is 5.31. The number of hydrogen-bond acceptors (Lipinski definition) is 3. The van der Waals surface area contributed by atoms with Gasteiger partial charge in [0, 0.05) is 22.7 Å². The number of nitrogens with zero attached hydrogens (tertiary/aromatic N) is 2. The van der Waals surface area contributed by atoms with Crippen LogP contribution in [0, 0.1) is 0 Å². The summed E-state index contributed by atoms with van der Waals surface area (Å²) in [5, 5.41) is 14.2. The fourth-order valence-electron chi connectivity index (χ4n) is 1.55. The summed E-state index contributed by atoms with van der Waals surface area (Å²) in [6, 6.07) is 5.18. The number of aromatic carboxylic acids is 1. The summed E-state index contributed by atoms with van der Waals surface area (Å²) in [6.07, 6.45) is 1.35. The van der Waals surface area contributed by atoms with E-state index in [9.17, 15) is 4.79 Å². The lowest BCUT2D eigenvalue weighted by Crippen LogP contribution is -2.03. The van der Waals surface area contributed by atoms with Gasteiger partial charge in [0.1, 0.15) is 5.56 Å². The number of hydrogen-bond donors (Lipinski definition) is 1. The van der Waals surface area contributed by atoms with E-state index in [0.29, 0.717) is 21.5 Å². The molecule has 1 N–H and O–H groups in total. The smallest absolute Gasteiger partial charge is 0.339 e. The standard InChI is InChI=1S/C12H10Cl2N2O2S/c1-16-10(8(5-15-16)12(17)18)6-19-11-4-7(13)2-3-9(11)14/h2-5H,6H2,1H3,(H,17,18). The molecule has 0 atom stereocenters. The van der Waals surface area contributed by atoms with E-state index in [1.54, 1.807) is 29.9 Å². The van der Waals surface area contributed by atoms with Gasteiger partial charge < -0.3 is 5.11 Å². The van der Waals surface area contributed by atoms with E-state index in [1.165, 1.54) is 18.0 Å². The molecule has 1 aromatic carbocycles.